The number of hydrogen-bond acceptors (Lipinski definition) is 2. The third kappa shape index (κ3) is 3.46. The second-order valence-corrected chi connectivity index (χ2v) is 5.52. The van der Waals surface area contributed by atoms with Gasteiger partial charge in [0, 0.05) is 18.7 Å². The zero-order valence-corrected chi connectivity index (χ0v) is 10.7. The number of nitrogens with one attached hydrogen (secondary N) is 1. The third-order valence-corrected chi connectivity index (χ3v) is 4.20. The molecule has 2 aliphatic rings. The van der Waals surface area contributed by atoms with Crippen molar-refractivity contribution in [1.82, 2.24) is 5.32 Å². The molecule has 1 saturated carbocycles. The van der Waals surface area contributed by atoms with Crippen molar-refractivity contribution in [2.45, 2.75) is 70.4 Å². The summed E-state index contributed by atoms with van der Waals surface area (Å²) in [5.41, 5.74) is 0. The SMILES string of the molecule is CCCC(NC1CCOC1)C1CCCCC1. The fourth-order valence-corrected chi connectivity index (χ4v) is 3.27. The van der Waals surface area contributed by atoms with E-state index in [4.69, 9.17) is 4.74 Å². The summed E-state index contributed by atoms with van der Waals surface area (Å²) in [5, 5.41) is 3.86. The second-order valence-electron chi connectivity index (χ2n) is 5.52. The van der Waals surface area contributed by atoms with Crippen molar-refractivity contribution >= 4 is 0 Å². The Kier molecular flexibility index (Phi) is 5.11. The van der Waals surface area contributed by atoms with E-state index in [0.717, 1.165) is 25.2 Å². The molecule has 1 aliphatic carbocycles. The van der Waals surface area contributed by atoms with E-state index in [2.05, 4.69) is 12.2 Å². The highest BCUT2D eigenvalue weighted by atomic mass is 16.5. The van der Waals surface area contributed by atoms with E-state index in [1.807, 2.05) is 0 Å². The van der Waals surface area contributed by atoms with Crippen LogP contribution in [0, 0.1) is 5.92 Å². The Morgan fingerprint density at radius 2 is 2.00 bits per heavy atom. The molecule has 1 aliphatic heterocycles. The van der Waals surface area contributed by atoms with Crippen molar-refractivity contribution in [2.24, 2.45) is 5.92 Å². The molecule has 94 valence electrons. The van der Waals surface area contributed by atoms with Gasteiger partial charge in [-0.2, -0.15) is 0 Å². The zero-order valence-electron chi connectivity index (χ0n) is 10.7. The van der Waals surface area contributed by atoms with Gasteiger partial charge in [-0.15, -0.1) is 0 Å². The molecule has 0 radical (unpaired) electrons. The lowest BCUT2D eigenvalue weighted by molar-refractivity contribution is 0.179. The minimum Gasteiger partial charge on any atom is -0.380 e. The molecule has 2 rings (SSSR count). The van der Waals surface area contributed by atoms with Crippen LogP contribution >= 0.6 is 0 Å². The average Bonchev–Trinajstić information content (AvgIpc) is 2.83. The molecule has 2 atom stereocenters. The highest BCUT2D eigenvalue weighted by molar-refractivity contribution is 4.83. The topological polar surface area (TPSA) is 21.3 Å². The molecule has 0 aromatic carbocycles. The van der Waals surface area contributed by atoms with Gasteiger partial charge in [-0.25, -0.2) is 0 Å². The Balaban J connectivity index is 1.82. The summed E-state index contributed by atoms with van der Waals surface area (Å²) in [7, 11) is 0. The van der Waals surface area contributed by atoms with Gasteiger partial charge in [-0.1, -0.05) is 32.6 Å². The summed E-state index contributed by atoms with van der Waals surface area (Å²) < 4.78 is 5.46. The summed E-state index contributed by atoms with van der Waals surface area (Å²) in [6.07, 6.45) is 11.1. The molecular weight excluding hydrogens is 198 g/mol. The minimum atomic E-state index is 0.637. The maximum atomic E-state index is 5.46. The van der Waals surface area contributed by atoms with Gasteiger partial charge in [0.2, 0.25) is 0 Å². The minimum absolute atomic E-state index is 0.637. The first kappa shape index (κ1) is 12.4. The van der Waals surface area contributed by atoms with Crippen molar-refractivity contribution in [1.29, 1.82) is 0 Å². The zero-order chi connectivity index (χ0) is 11.2. The maximum Gasteiger partial charge on any atom is 0.0620 e. The molecule has 1 heterocycles. The van der Waals surface area contributed by atoms with Gasteiger partial charge in [0.25, 0.3) is 0 Å². The van der Waals surface area contributed by atoms with Crippen LogP contribution < -0.4 is 5.32 Å². The van der Waals surface area contributed by atoms with Gasteiger partial charge < -0.3 is 10.1 Å². The van der Waals surface area contributed by atoms with Gasteiger partial charge in [-0.05, 0) is 31.6 Å². The lowest BCUT2D eigenvalue weighted by Crippen LogP contribution is -2.43. The number of rotatable bonds is 5. The Labute approximate surface area is 100 Å². The molecule has 2 nitrogen and oxygen atoms in total. The summed E-state index contributed by atoms with van der Waals surface area (Å²) in [6, 6.07) is 1.40. The van der Waals surface area contributed by atoms with Crippen LogP contribution in [0.1, 0.15) is 58.3 Å². The Hall–Kier alpha value is -0.0800. The molecule has 2 fully saturated rings. The smallest absolute Gasteiger partial charge is 0.0620 e. The molecule has 0 aromatic rings. The molecule has 2 unspecified atom stereocenters. The molecule has 0 aromatic heterocycles. The van der Waals surface area contributed by atoms with Crippen LogP contribution in [0.2, 0.25) is 0 Å². The number of hydrogen-bond donors (Lipinski definition) is 1. The fourth-order valence-electron chi connectivity index (χ4n) is 3.27. The molecule has 1 N–H and O–H groups in total. The molecule has 1 saturated heterocycles. The van der Waals surface area contributed by atoms with Crippen LogP contribution in [0.4, 0.5) is 0 Å². The average molecular weight is 225 g/mol. The van der Waals surface area contributed by atoms with Crippen LogP contribution in [-0.4, -0.2) is 25.3 Å². The van der Waals surface area contributed by atoms with Crippen LogP contribution in [0.3, 0.4) is 0 Å². The maximum absolute atomic E-state index is 5.46. The third-order valence-electron chi connectivity index (χ3n) is 4.20. The Morgan fingerprint density at radius 1 is 1.19 bits per heavy atom. The molecule has 0 spiro atoms. The molecule has 2 heteroatoms. The van der Waals surface area contributed by atoms with Crippen molar-refractivity contribution in [3.05, 3.63) is 0 Å². The van der Waals surface area contributed by atoms with E-state index >= 15 is 0 Å². The van der Waals surface area contributed by atoms with E-state index in [1.165, 1.54) is 51.4 Å². The van der Waals surface area contributed by atoms with E-state index in [9.17, 15) is 0 Å². The summed E-state index contributed by atoms with van der Waals surface area (Å²) in [4.78, 5) is 0. The molecular formula is C14H27NO. The first-order valence-corrected chi connectivity index (χ1v) is 7.24. The summed E-state index contributed by atoms with van der Waals surface area (Å²) >= 11 is 0. The first-order valence-electron chi connectivity index (χ1n) is 7.24. The van der Waals surface area contributed by atoms with Crippen LogP contribution in [0.15, 0.2) is 0 Å². The Morgan fingerprint density at radius 3 is 2.62 bits per heavy atom. The van der Waals surface area contributed by atoms with Crippen molar-refractivity contribution < 1.29 is 4.74 Å². The highest BCUT2D eigenvalue weighted by Crippen LogP contribution is 2.28. The lowest BCUT2D eigenvalue weighted by atomic mass is 9.82. The predicted octanol–water partition coefficient (Wildman–Crippen LogP) is 3.11. The summed E-state index contributed by atoms with van der Waals surface area (Å²) in [6.45, 7) is 4.21. The second kappa shape index (κ2) is 6.61. The van der Waals surface area contributed by atoms with E-state index in [0.29, 0.717) is 6.04 Å². The quantitative estimate of drug-likeness (QED) is 0.776. The summed E-state index contributed by atoms with van der Waals surface area (Å²) in [5.74, 6) is 0.939. The van der Waals surface area contributed by atoms with Gasteiger partial charge in [-0.3, -0.25) is 0 Å². The standard InChI is InChI=1S/C14H27NO/c1-2-6-14(12-7-4-3-5-8-12)15-13-9-10-16-11-13/h12-15H,2-11H2,1H3. The van der Waals surface area contributed by atoms with Gasteiger partial charge in [0.05, 0.1) is 6.61 Å². The van der Waals surface area contributed by atoms with E-state index in [1.54, 1.807) is 0 Å². The predicted molar refractivity (Wildman–Crippen MR) is 67.6 cm³/mol. The van der Waals surface area contributed by atoms with Crippen molar-refractivity contribution in [3.63, 3.8) is 0 Å². The van der Waals surface area contributed by atoms with Crippen LogP contribution in [0.5, 0.6) is 0 Å². The van der Waals surface area contributed by atoms with Gasteiger partial charge in [0.1, 0.15) is 0 Å². The molecule has 16 heavy (non-hydrogen) atoms. The van der Waals surface area contributed by atoms with E-state index in [-0.39, 0.29) is 0 Å². The molecule has 0 bridgehead atoms. The first-order chi connectivity index (χ1) is 7.90. The fraction of sp³-hybridized carbons (Fsp3) is 1.00. The van der Waals surface area contributed by atoms with Crippen LogP contribution in [-0.2, 0) is 4.74 Å². The monoisotopic (exact) mass is 225 g/mol. The normalized spacial score (nSPS) is 29.4. The van der Waals surface area contributed by atoms with Gasteiger partial charge >= 0.3 is 0 Å². The van der Waals surface area contributed by atoms with Crippen molar-refractivity contribution in [3.8, 4) is 0 Å². The van der Waals surface area contributed by atoms with Crippen LogP contribution in [0.25, 0.3) is 0 Å². The largest absolute Gasteiger partial charge is 0.380 e. The number of ether oxygens (including phenoxy) is 1. The molecule has 0 amide bonds. The lowest BCUT2D eigenvalue weighted by Gasteiger charge is -2.32. The van der Waals surface area contributed by atoms with Crippen molar-refractivity contribution in [2.75, 3.05) is 13.2 Å². The van der Waals surface area contributed by atoms with E-state index < -0.39 is 0 Å². The van der Waals surface area contributed by atoms with Gasteiger partial charge in [0.15, 0.2) is 0 Å². The Bertz CT molecular complexity index is 183. The highest BCUT2D eigenvalue weighted by Gasteiger charge is 2.26.